The van der Waals surface area contributed by atoms with Crippen LogP contribution in [0.3, 0.4) is 0 Å². The van der Waals surface area contributed by atoms with Crippen molar-refractivity contribution in [3.05, 3.63) is 100 Å². The van der Waals surface area contributed by atoms with Crippen LogP contribution in [0.1, 0.15) is 32.6 Å². The van der Waals surface area contributed by atoms with Gasteiger partial charge in [0.15, 0.2) is 0 Å². The Morgan fingerprint density at radius 2 is 1.83 bits per heavy atom. The minimum atomic E-state index is -0.804. The number of hydrogen-bond donors (Lipinski definition) is 1. The Bertz CT molecular complexity index is 1190. The summed E-state index contributed by atoms with van der Waals surface area (Å²) < 4.78 is 19.7. The number of halogens is 1. The van der Waals surface area contributed by atoms with Gasteiger partial charge in [0.05, 0.1) is 35.0 Å². The lowest BCUT2D eigenvalue weighted by molar-refractivity contribution is 0.0951. The molecule has 3 aromatic carbocycles. The van der Waals surface area contributed by atoms with Crippen LogP contribution in [-0.4, -0.2) is 12.1 Å². The molecule has 3 aromatic rings. The second kappa shape index (κ2) is 9.63. The lowest BCUT2D eigenvalue weighted by Gasteiger charge is -2.10. The van der Waals surface area contributed by atoms with E-state index in [-0.39, 0.29) is 17.7 Å². The van der Waals surface area contributed by atoms with Gasteiger partial charge >= 0.3 is 0 Å². The number of ether oxygens (including phenoxy) is 1. The molecular weight excluding hydrogens is 383 g/mol. The second-order valence-corrected chi connectivity index (χ2v) is 6.10. The highest BCUT2D eigenvalue weighted by atomic mass is 19.1. The summed E-state index contributed by atoms with van der Waals surface area (Å²) in [6.45, 7) is 0.192. The molecule has 1 N–H and O–H groups in total. The molecule has 0 aliphatic carbocycles. The minimum Gasteiger partial charge on any atom is -0.488 e. The molecule has 0 atom stereocenters. The monoisotopic (exact) mass is 398 g/mol. The first-order valence-corrected chi connectivity index (χ1v) is 8.85. The zero-order valence-corrected chi connectivity index (χ0v) is 15.7. The van der Waals surface area contributed by atoms with Gasteiger partial charge in [-0.1, -0.05) is 30.3 Å². The Morgan fingerprint density at radius 3 is 2.60 bits per heavy atom. The summed E-state index contributed by atoms with van der Waals surface area (Å²) in [5, 5.41) is 21.8. The fourth-order valence-electron chi connectivity index (χ4n) is 2.62. The van der Waals surface area contributed by atoms with Crippen LogP contribution in [-0.2, 0) is 6.61 Å². The van der Waals surface area contributed by atoms with E-state index in [1.54, 1.807) is 42.5 Å². The Balaban J connectivity index is 1.69. The van der Waals surface area contributed by atoms with Crippen molar-refractivity contribution in [1.82, 2.24) is 5.43 Å². The first-order chi connectivity index (χ1) is 14.6. The van der Waals surface area contributed by atoms with E-state index in [0.29, 0.717) is 16.9 Å². The molecule has 0 bridgehead atoms. The van der Waals surface area contributed by atoms with Gasteiger partial charge in [-0.05, 0) is 36.4 Å². The first kappa shape index (κ1) is 20.2. The van der Waals surface area contributed by atoms with Crippen molar-refractivity contribution in [3.63, 3.8) is 0 Å². The Hall–Kier alpha value is -4.49. The molecule has 0 fully saturated rings. The summed E-state index contributed by atoms with van der Waals surface area (Å²) in [5.74, 6) is -1.04. The van der Waals surface area contributed by atoms with Crippen LogP contribution in [0.5, 0.6) is 5.75 Å². The van der Waals surface area contributed by atoms with Gasteiger partial charge in [-0.15, -0.1) is 0 Å². The molecule has 30 heavy (non-hydrogen) atoms. The molecule has 0 saturated heterocycles. The fraction of sp³-hybridized carbons (Fsp3) is 0.0435. The van der Waals surface area contributed by atoms with Gasteiger partial charge in [-0.25, -0.2) is 9.82 Å². The average molecular weight is 398 g/mol. The SMILES string of the molecule is N#Cc1ccc(C(=O)N/N=C\c2ccccc2OCc2ccccc2C#N)c(F)c1. The van der Waals surface area contributed by atoms with Gasteiger partial charge in [-0.3, -0.25) is 4.79 Å². The lowest BCUT2D eigenvalue weighted by Crippen LogP contribution is -2.19. The summed E-state index contributed by atoms with van der Waals surface area (Å²) in [5.41, 5.74) is 4.02. The summed E-state index contributed by atoms with van der Waals surface area (Å²) in [7, 11) is 0. The van der Waals surface area contributed by atoms with Crippen LogP contribution in [0.2, 0.25) is 0 Å². The van der Waals surface area contributed by atoms with E-state index in [2.05, 4.69) is 16.6 Å². The number of carbonyl (C=O) groups is 1. The second-order valence-electron chi connectivity index (χ2n) is 6.10. The summed E-state index contributed by atoms with van der Waals surface area (Å²) in [4.78, 5) is 12.1. The van der Waals surface area contributed by atoms with Crippen LogP contribution >= 0.6 is 0 Å². The van der Waals surface area contributed by atoms with Crippen molar-refractivity contribution < 1.29 is 13.9 Å². The highest BCUT2D eigenvalue weighted by Gasteiger charge is 2.11. The molecule has 6 nitrogen and oxygen atoms in total. The van der Waals surface area contributed by atoms with Crippen molar-refractivity contribution in [1.29, 1.82) is 10.5 Å². The third-order valence-corrected chi connectivity index (χ3v) is 4.15. The molecule has 146 valence electrons. The topological polar surface area (TPSA) is 98.3 Å². The van der Waals surface area contributed by atoms with E-state index in [1.165, 1.54) is 18.3 Å². The van der Waals surface area contributed by atoms with Gasteiger partial charge in [0.25, 0.3) is 5.91 Å². The first-order valence-electron chi connectivity index (χ1n) is 8.85. The van der Waals surface area contributed by atoms with E-state index in [9.17, 15) is 14.4 Å². The molecule has 0 aliphatic heterocycles. The predicted molar refractivity (Wildman–Crippen MR) is 108 cm³/mol. The van der Waals surface area contributed by atoms with Crippen molar-refractivity contribution >= 4 is 12.1 Å². The number of hydrazone groups is 1. The third kappa shape index (κ3) is 4.86. The summed E-state index contributed by atoms with van der Waals surface area (Å²) in [6.07, 6.45) is 1.38. The molecular formula is C23H15FN4O2. The fourth-order valence-corrected chi connectivity index (χ4v) is 2.62. The van der Waals surface area contributed by atoms with E-state index in [1.807, 2.05) is 12.1 Å². The minimum absolute atomic E-state index is 0.122. The van der Waals surface area contributed by atoms with Crippen molar-refractivity contribution in [3.8, 4) is 17.9 Å². The van der Waals surface area contributed by atoms with E-state index >= 15 is 0 Å². The van der Waals surface area contributed by atoms with Crippen LogP contribution in [0, 0.1) is 28.5 Å². The van der Waals surface area contributed by atoms with E-state index in [4.69, 9.17) is 10.00 Å². The number of para-hydroxylation sites is 1. The Labute approximate surface area is 172 Å². The maximum atomic E-state index is 13.9. The van der Waals surface area contributed by atoms with Crippen LogP contribution in [0.15, 0.2) is 71.8 Å². The number of benzene rings is 3. The van der Waals surface area contributed by atoms with Gasteiger partial charge in [0.2, 0.25) is 0 Å². The summed E-state index contributed by atoms with van der Waals surface area (Å²) >= 11 is 0. The quantitative estimate of drug-likeness (QED) is 0.503. The summed E-state index contributed by atoms with van der Waals surface area (Å²) in [6, 6.07) is 21.6. The molecule has 0 radical (unpaired) electrons. The average Bonchev–Trinajstić information content (AvgIpc) is 2.78. The van der Waals surface area contributed by atoms with Gasteiger partial charge in [0, 0.05) is 11.1 Å². The Morgan fingerprint density at radius 1 is 1.07 bits per heavy atom. The number of nitriles is 2. The van der Waals surface area contributed by atoms with Crippen molar-refractivity contribution in [2.75, 3.05) is 0 Å². The van der Waals surface area contributed by atoms with Crippen molar-refractivity contribution in [2.45, 2.75) is 6.61 Å². The highest BCUT2D eigenvalue weighted by Crippen LogP contribution is 2.19. The van der Waals surface area contributed by atoms with E-state index < -0.39 is 11.7 Å². The molecule has 7 heteroatoms. The smallest absolute Gasteiger partial charge is 0.274 e. The number of amides is 1. The molecule has 0 aromatic heterocycles. The van der Waals surface area contributed by atoms with Crippen LogP contribution in [0.25, 0.3) is 0 Å². The predicted octanol–water partition coefficient (Wildman–Crippen LogP) is 3.91. The standard InChI is InChI=1S/C23H15FN4O2/c24-21-11-16(12-25)9-10-20(21)23(29)28-27-14-18-6-3-4-8-22(18)30-15-19-7-2-1-5-17(19)13-26/h1-11,14H,15H2,(H,28,29)/b27-14-. The van der Waals surface area contributed by atoms with Gasteiger partial charge in [-0.2, -0.15) is 15.6 Å². The maximum Gasteiger partial charge on any atom is 0.274 e. The molecule has 0 heterocycles. The number of hydrogen-bond acceptors (Lipinski definition) is 5. The molecule has 1 amide bonds. The number of nitrogens with zero attached hydrogens (tertiary/aromatic N) is 3. The van der Waals surface area contributed by atoms with Crippen LogP contribution < -0.4 is 10.2 Å². The largest absolute Gasteiger partial charge is 0.488 e. The normalized spacial score (nSPS) is 10.2. The number of rotatable bonds is 6. The molecule has 0 aliphatic rings. The lowest BCUT2D eigenvalue weighted by atomic mass is 10.1. The number of carbonyl (C=O) groups excluding carboxylic acids is 1. The zero-order chi connectivity index (χ0) is 21.3. The molecule has 0 saturated carbocycles. The van der Waals surface area contributed by atoms with Crippen LogP contribution in [0.4, 0.5) is 4.39 Å². The molecule has 0 spiro atoms. The zero-order valence-electron chi connectivity index (χ0n) is 15.7. The number of nitrogens with one attached hydrogen (secondary N) is 1. The highest BCUT2D eigenvalue weighted by molar-refractivity contribution is 5.95. The molecule has 3 rings (SSSR count). The molecule has 0 unspecified atom stereocenters. The Kier molecular flexibility index (Phi) is 6.50. The van der Waals surface area contributed by atoms with E-state index in [0.717, 1.165) is 11.6 Å². The maximum absolute atomic E-state index is 13.9. The van der Waals surface area contributed by atoms with Crippen molar-refractivity contribution in [2.24, 2.45) is 5.10 Å². The van der Waals surface area contributed by atoms with Gasteiger partial charge < -0.3 is 4.74 Å². The third-order valence-electron chi connectivity index (χ3n) is 4.15. The van der Waals surface area contributed by atoms with Gasteiger partial charge in [0.1, 0.15) is 18.2 Å².